The minimum atomic E-state index is -0.406. The molecule has 1 aromatic rings. The highest BCUT2D eigenvalue weighted by Gasteiger charge is 1.88. The number of aromatic nitrogens is 1. The maximum atomic E-state index is 12.1. The van der Waals surface area contributed by atoms with Gasteiger partial charge in [-0.25, -0.2) is 4.98 Å². The van der Waals surface area contributed by atoms with E-state index in [2.05, 4.69) is 4.98 Å². The fourth-order valence-electron chi connectivity index (χ4n) is 0.524. The lowest BCUT2D eigenvalue weighted by atomic mass is 10.5. The highest BCUT2D eigenvalue weighted by atomic mass is 31.1. The van der Waals surface area contributed by atoms with Crippen LogP contribution in [0.2, 0.25) is 0 Å². The Balaban J connectivity index is 0.000000461. The molecule has 11 heavy (non-hydrogen) atoms. The van der Waals surface area contributed by atoms with Gasteiger partial charge >= 0.3 is 0 Å². The Hall–Kier alpha value is -0.490. The van der Waals surface area contributed by atoms with Crippen LogP contribution >= 0.6 is 8.58 Å². The predicted octanol–water partition coefficient (Wildman–Crippen LogP) is 2.18. The van der Waals surface area contributed by atoms with Crippen LogP contribution in [0.4, 0.5) is 4.39 Å². The Labute approximate surface area is 68.8 Å². The van der Waals surface area contributed by atoms with E-state index in [1.807, 2.05) is 20.5 Å². The van der Waals surface area contributed by atoms with Crippen molar-refractivity contribution in [3.05, 3.63) is 24.3 Å². The number of pyridine rings is 1. The Bertz CT molecular complexity index is 186. The molecular weight excluding hydrogens is 160 g/mol. The minimum Gasteiger partial charge on any atom is -0.228 e. The third-order valence-corrected chi connectivity index (χ3v) is 1.89. The second kappa shape index (κ2) is 6.23. The van der Waals surface area contributed by atoms with Gasteiger partial charge in [-0.3, -0.25) is 0 Å². The largest absolute Gasteiger partial charge is 0.228 e. The van der Waals surface area contributed by atoms with Crippen molar-refractivity contribution < 1.29 is 4.39 Å². The van der Waals surface area contributed by atoms with Crippen molar-refractivity contribution in [2.45, 2.75) is 13.8 Å². The molecule has 0 saturated carbocycles. The quantitative estimate of drug-likeness (QED) is 0.468. The summed E-state index contributed by atoms with van der Waals surface area (Å²) in [4.78, 5) is 3.49. The van der Waals surface area contributed by atoms with Crippen molar-refractivity contribution in [2.24, 2.45) is 0 Å². The van der Waals surface area contributed by atoms with Gasteiger partial charge in [0.2, 0.25) is 5.95 Å². The highest BCUT2D eigenvalue weighted by molar-refractivity contribution is 7.46. The lowest BCUT2D eigenvalue weighted by Gasteiger charge is -1.91. The van der Waals surface area contributed by atoms with Gasteiger partial charge in [-0.05, 0) is 24.1 Å². The van der Waals surface area contributed by atoms with E-state index >= 15 is 0 Å². The standard InChI is InChI=1S/C6H7FNP.C2H6/c1-9-5-2-3-6(7)8-4-5;1-2/h2-4,9H,1H3;1-2H3. The van der Waals surface area contributed by atoms with Crippen molar-refractivity contribution in [2.75, 3.05) is 6.66 Å². The molecule has 0 saturated heterocycles. The van der Waals surface area contributed by atoms with Gasteiger partial charge in [0, 0.05) is 6.20 Å². The maximum Gasteiger partial charge on any atom is 0.212 e. The molecule has 1 aromatic heterocycles. The Morgan fingerprint density at radius 2 is 2.00 bits per heavy atom. The van der Waals surface area contributed by atoms with Crippen molar-refractivity contribution in [1.29, 1.82) is 0 Å². The second-order valence-corrected chi connectivity index (χ2v) is 2.70. The smallest absolute Gasteiger partial charge is 0.212 e. The molecule has 3 heteroatoms. The van der Waals surface area contributed by atoms with Crippen molar-refractivity contribution >= 4 is 13.9 Å². The zero-order chi connectivity index (χ0) is 8.69. The van der Waals surface area contributed by atoms with E-state index in [1.165, 1.54) is 6.07 Å². The summed E-state index contributed by atoms with van der Waals surface area (Å²) in [6, 6.07) is 3.13. The molecule has 1 heterocycles. The summed E-state index contributed by atoms with van der Waals surface area (Å²) >= 11 is 0. The fourth-order valence-corrected chi connectivity index (χ4v) is 0.967. The highest BCUT2D eigenvalue weighted by Crippen LogP contribution is 2.01. The first kappa shape index (κ1) is 10.5. The molecule has 0 N–H and O–H groups in total. The van der Waals surface area contributed by atoms with E-state index in [0.717, 1.165) is 5.30 Å². The topological polar surface area (TPSA) is 12.9 Å². The molecule has 1 rings (SSSR count). The lowest BCUT2D eigenvalue weighted by Crippen LogP contribution is -1.94. The number of halogens is 1. The van der Waals surface area contributed by atoms with Crippen molar-refractivity contribution in [3.8, 4) is 0 Å². The van der Waals surface area contributed by atoms with Gasteiger partial charge in [-0.1, -0.05) is 22.4 Å². The molecule has 0 aliphatic rings. The molecule has 0 fully saturated rings. The third kappa shape index (κ3) is 4.05. The molecular formula is C8H13FNP. The average molecular weight is 173 g/mol. The summed E-state index contributed by atoms with van der Waals surface area (Å²) in [5.41, 5.74) is 0. The lowest BCUT2D eigenvalue weighted by molar-refractivity contribution is 0.584. The van der Waals surface area contributed by atoms with Crippen LogP contribution in [0.15, 0.2) is 18.3 Å². The SMILES string of the molecule is CC.CPc1ccc(F)nc1. The van der Waals surface area contributed by atoms with E-state index in [-0.39, 0.29) is 0 Å². The van der Waals surface area contributed by atoms with Crippen molar-refractivity contribution in [1.82, 2.24) is 4.98 Å². The first-order chi connectivity index (χ1) is 5.33. The van der Waals surface area contributed by atoms with Crippen molar-refractivity contribution in [3.63, 3.8) is 0 Å². The van der Waals surface area contributed by atoms with E-state index in [0.29, 0.717) is 8.58 Å². The first-order valence-corrected chi connectivity index (χ1v) is 5.12. The summed E-state index contributed by atoms with van der Waals surface area (Å²) < 4.78 is 12.1. The number of nitrogens with zero attached hydrogens (tertiary/aromatic N) is 1. The van der Waals surface area contributed by atoms with Crippen LogP contribution in [0.5, 0.6) is 0 Å². The van der Waals surface area contributed by atoms with E-state index in [9.17, 15) is 4.39 Å². The zero-order valence-electron chi connectivity index (χ0n) is 7.06. The van der Waals surface area contributed by atoms with Gasteiger partial charge in [0.25, 0.3) is 0 Å². The number of rotatable bonds is 1. The molecule has 0 spiro atoms. The predicted molar refractivity (Wildman–Crippen MR) is 49.4 cm³/mol. The number of hydrogen-bond donors (Lipinski definition) is 0. The number of hydrogen-bond acceptors (Lipinski definition) is 1. The third-order valence-electron chi connectivity index (χ3n) is 1.02. The van der Waals surface area contributed by atoms with E-state index in [4.69, 9.17) is 0 Å². The summed E-state index contributed by atoms with van der Waals surface area (Å²) in [6.45, 7) is 6.04. The van der Waals surface area contributed by atoms with Crippen LogP contribution < -0.4 is 5.30 Å². The fraction of sp³-hybridized carbons (Fsp3) is 0.375. The van der Waals surface area contributed by atoms with Gasteiger partial charge < -0.3 is 0 Å². The molecule has 0 radical (unpaired) electrons. The Morgan fingerprint density at radius 1 is 1.36 bits per heavy atom. The Morgan fingerprint density at radius 3 is 2.36 bits per heavy atom. The average Bonchev–Trinajstić information content (AvgIpc) is 2.10. The molecule has 1 nitrogen and oxygen atoms in total. The molecule has 0 aromatic carbocycles. The summed E-state index contributed by atoms with van der Waals surface area (Å²) in [5.74, 6) is -0.406. The summed E-state index contributed by atoms with van der Waals surface area (Å²) in [7, 11) is 0.697. The molecule has 0 bridgehead atoms. The van der Waals surface area contributed by atoms with Crippen LogP contribution in [0.3, 0.4) is 0 Å². The van der Waals surface area contributed by atoms with Gasteiger partial charge in [-0.2, -0.15) is 4.39 Å². The molecule has 0 amide bonds. The van der Waals surface area contributed by atoms with Gasteiger partial charge in [0.05, 0.1) is 0 Å². The first-order valence-electron chi connectivity index (χ1n) is 3.62. The molecule has 1 atom stereocenters. The van der Waals surface area contributed by atoms with Crippen LogP contribution in [-0.4, -0.2) is 11.6 Å². The summed E-state index contributed by atoms with van der Waals surface area (Å²) in [6.07, 6.45) is 1.56. The zero-order valence-corrected chi connectivity index (χ0v) is 8.06. The minimum absolute atomic E-state index is 0.406. The molecule has 1 unspecified atom stereocenters. The molecule has 0 aliphatic carbocycles. The van der Waals surface area contributed by atoms with Gasteiger partial charge in [-0.15, -0.1) is 0 Å². The molecule has 62 valence electrons. The van der Waals surface area contributed by atoms with Crippen LogP contribution in [0.1, 0.15) is 13.8 Å². The van der Waals surface area contributed by atoms with Gasteiger partial charge in [0.15, 0.2) is 0 Å². The van der Waals surface area contributed by atoms with E-state index in [1.54, 1.807) is 12.3 Å². The van der Waals surface area contributed by atoms with Gasteiger partial charge in [0.1, 0.15) is 0 Å². The molecule has 0 aliphatic heterocycles. The van der Waals surface area contributed by atoms with E-state index < -0.39 is 5.95 Å². The second-order valence-electron chi connectivity index (χ2n) is 1.62. The van der Waals surface area contributed by atoms with Crippen LogP contribution in [0.25, 0.3) is 0 Å². The monoisotopic (exact) mass is 173 g/mol. The van der Waals surface area contributed by atoms with Crippen LogP contribution in [0, 0.1) is 5.95 Å². The summed E-state index contributed by atoms with van der Waals surface area (Å²) in [5, 5.41) is 1.09. The Kier molecular flexibility index (Phi) is 5.96. The van der Waals surface area contributed by atoms with Crippen LogP contribution in [-0.2, 0) is 0 Å². The normalized spacial score (nSPS) is 9.45. The maximum absolute atomic E-state index is 12.1.